The molecule has 22 heavy (non-hydrogen) atoms. The van der Waals surface area contributed by atoms with Gasteiger partial charge in [-0.3, -0.25) is 4.90 Å². The average molecular weight is 329 g/mol. The smallest absolute Gasteiger partial charge is 0.407 e. The molecule has 1 aromatic heterocycles. The number of aromatic nitrogens is 2. The highest BCUT2D eigenvalue weighted by molar-refractivity contribution is 6.29. The van der Waals surface area contributed by atoms with Crippen LogP contribution in [0.5, 0.6) is 0 Å². The number of halogens is 1. The molecule has 1 saturated heterocycles. The number of nitrogens with one attached hydrogen (secondary N) is 1. The monoisotopic (exact) mass is 328 g/mol. The molecule has 1 N–H and O–H groups in total. The van der Waals surface area contributed by atoms with Crippen LogP contribution >= 0.6 is 11.6 Å². The van der Waals surface area contributed by atoms with Crippen LogP contribution in [0.2, 0.25) is 5.15 Å². The zero-order chi connectivity index (χ0) is 16.3. The SMILES string of the molecule is Cn1c(Cl)cnc1CN1CCC[C@@H]1CNC(=O)OC(C)(C)C. The molecule has 0 saturated carbocycles. The zero-order valence-electron chi connectivity index (χ0n) is 13.7. The van der Waals surface area contributed by atoms with Gasteiger partial charge in [-0.15, -0.1) is 0 Å². The molecule has 0 radical (unpaired) electrons. The Kier molecular flexibility index (Phi) is 5.34. The molecule has 0 spiro atoms. The molecule has 124 valence electrons. The molecule has 6 nitrogen and oxygen atoms in total. The van der Waals surface area contributed by atoms with Crippen molar-refractivity contribution in [3.8, 4) is 0 Å². The Morgan fingerprint density at radius 2 is 2.27 bits per heavy atom. The summed E-state index contributed by atoms with van der Waals surface area (Å²) >= 11 is 6.02. The van der Waals surface area contributed by atoms with Crippen molar-refractivity contribution in [3.05, 3.63) is 17.2 Å². The van der Waals surface area contributed by atoms with E-state index in [1.54, 1.807) is 6.20 Å². The maximum Gasteiger partial charge on any atom is 0.407 e. The summed E-state index contributed by atoms with van der Waals surface area (Å²) in [5.41, 5.74) is -0.469. The van der Waals surface area contributed by atoms with E-state index in [1.165, 1.54) is 0 Å². The van der Waals surface area contributed by atoms with E-state index in [-0.39, 0.29) is 6.09 Å². The molecular weight excluding hydrogens is 304 g/mol. The second-order valence-electron chi connectivity index (χ2n) is 6.71. The van der Waals surface area contributed by atoms with Crippen molar-refractivity contribution in [2.24, 2.45) is 7.05 Å². The first kappa shape index (κ1) is 17.1. The van der Waals surface area contributed by atoms with E-state index in [1.807, 2.05) is 32.4 Å². The molecule has 0 unspecified atom stereocenters. The number of ether oxygens (including phenoxy) is 1. The number of hydrogen-bond donors (Lipinski definition) is 1. The van der Waals surface area contributed by atoms with E-state index >= 15 is 0 Å². The van der Waals surface area contributed by atoms with Gasteiger partial charge in [0.1, 0.15) is 16.6 Å². The molecule has 0 aliphatic carbocycles. The Hall–Kier alpha value is -1.27. The van der Waals surface area contributed by atoms with Crippen LogP contribution in [0.15, 0.2) is 6.20 Å². The molecular formula is C15H25ClN4O2. The van der Waals surface area contributed by atoms with Crippen molar-refractivity contribution >= 4 is 17.7 Å². The lowest BCUT2D eigenvalue weighted by Crippen LogP contribution is -2.42. The quantitative estimate of drug-likeness (QED) is 0.922. The third-order valence-corrected chi connectivity index (χ3v) is 4.10. The molecule has 1 aliphatic rings. The van der Waals surface area contributed by atoms with Crippen molar-refractivity contribution in [1.29, 1.82) is 0 Å². The Balaban J connectivity index is 1.86. The number of likely N-dealkylation sites (tertiary alicyclic amines) is 1. The van der Waals surface area contributed by atoms with Crippen molar-refractivity contribution in [1.82, 2.24) is 19.8 Å². The minimum absolute atomic E-state index is 0.308. The molecule has 1 fully saturated rings. The van der Waals surface area contributed by atoms with E-state index in [4.69, 9.17) is 16.3 Å². The van der Waals surface area contributed by atoms with Gasteiger partial charge in [0.25, 0.3) is 0 Å². The fourth-order valence-electron chi connectivity index (χ4n) is 2.60. The van der Waals surface area contributed by atoms with Crippen LogP contribution in [0, 0.1) is 0 Å². The largest absolute Gasteiger partial charge is 0.444 e. The number of alkyl carbamates (subject to hydrolysis) is 1. The lowest BCUT2D eigenvalue weighted by Gasteiger charge is -2.25. The Morgan fingerprint density at radius 3 is 2.86 bits per heavy atom. The third kappa shape index (κ3) is 4.61. The van der Waals surface area contributed by atoms with Crippen LogP contribution in [-0.2, 0) is 18.3 Å². The van der Waals surface area contributed by atoms with E-state index in [0.717, 1.165) is 31.8 Å². The van der Waals surface area contributed by atoms with Gasteiger partial charge in [-0.1, -0.05) is 11.6 Å². The van der Waals surface area contributed by atoms with Gasteiger partial charge >= 0.3 is 6.09 Å². The highest BCUT2D eigenvalue weighted by Crippen LogP contribution is 2.20. The standard InChI is InChI=1S/C15H25ClN4O2/c1-15(2,3)22-14(21)18-8-11-6-5-7-20(11)10-13-17-9-12(16)19(13)4/h9,11H,5-8,10H2,1-4H3,(H,18,21)/t11-/m1/s1. The molecule has 2 rings (SSSR count). The van der Waals surface area contributed by atoms with E-state index in [2.05, 4.69) is 15.2 Å². The molecule has 1 atom stereocenters. The van der Waals surface area contributed by atoms with Gasteiger partial charge in [-0.25, -0.2) is 9.78 Å². The number of nitrogens with zero attached hydrogens (tertiary/aromatic N) is 3. The predicted molar refractivity (Wildman–Crippen MR) is 85.9 cm³/mol. The molecule has 1 aliphatic heterocycles. The minimum atomic E-state index is -0.469. The topological polar surface area (TPSA) is 59.4 Å². The van der Waals surface area contributed by atoms with Gasteiger partial charge in [-0.05, 0) is 40.2 Å². The van der Waals surface area contributed by atoms with Crippen LogP contribution in [0.1, 0.15) is 39.4 Å². The van der Waals surface area contributed by atoms with Crippen LogP contribution in [-0.4, -0.2) is 45.3 Å². The van der Waals surface area contributed by atoms with E-state index < -0.39 is 5.60 Å². The summed E-state index contributed by atoms with van der Waals surface area (Å²) in [6.45, 7) is 7.92. The number of imidazole rings is 1. The summed E-state index contributed by atoms with van der Waals surface area (Å²) in [5.74, 6) is 0.939. The normalized spacial score (nSPS) is 19.4. The second-order valence-corrected chi connectivity index (χ2v) is 7.09. The van der Waals surface area contributed by atoms with Gasteiger partial charge in [0.05, 0.1) is 12.7 Å². The predicted octanol–water partition coefficient (Wildman–Crippen LogP) is 2.56. The van der Waals surface area contributed by atoms with Crippen LogP contribution in [0.25, 0.3) is 0 Å². The first-order chi connectivity index (χ1) is 10.3. The Morgan fingerprint density at radius 1 is 1.55 bits per heavy atom. The van der Waals surface area contributed by atoms with Gasteiger partial charge in [0.2, 0.25) is 0 Å². The van der Waals surface area contributed by atoms with Gasteiger partial charge in [-0.2, -0.15) is 0 Å². The van der Waals surface area contributed by atoms with E-state index in [9.17, 15) is 4.79 Å². The van der Waals surface area contributed by atoms with Crippen LogP contribution in [0.3, 0.4) is 0 Å². The number of amides is 1. The number of hydrogen-bond acceptors (Lipinski definition) is 4. The van der Waals surface area contributed by atoms with Crippen molar-refractivity contribution < 1.29 is 9.53 Å². The summed E-state index contributed by atoms with van der Waals surface area (Å²) in [7, 11) is 1.91. The number of rotatable bonds is 4. The molecule has 0 bridgehead atoms. The molecule has 7 heteroatoms. The van der Waals surface area contributed by atoms with Gasteiger partial charge < -0.3 is 14.6 Å². The Bertz CT molecular complexity index is 524. The number of carbonyl (C=O) groups excluding carboxylic acids is 1. The molecule has 2 heterocycles. The Labute approximate surface area is 136 Å². The van der Waals surface area contributed by atoms with Crippen LogP contribution in [0.4, 0.5) is 4.79 Å². The lowest BCUT2D eigenvalue weighted by molar-refractivity contribution is 0.0512. The fourth-order valence-corrected chi connectivity index (χ4v) is 2.75. The van der Waals surface area contributed by atoms with Gasteiger partial charge in [0.15, 0.2) is 0 Å². The highest BCUT2D eigenvalue weighted by atomic mass is 35.5. The summed E-state index contributed by atoms with van der Waals surface area (Å²) in [6.07, 6.45) is 3.49. The number of carbonyl (C=O) groups is 1. The summed E-state index contributed by atoms with van der Waals surface area (Å²) in [4.78, 5) is 18.4. The second kappa shape index (κ2) is 6.87. The van der Waals surface area contributed by atoms with E-state index in [0.29, 0.717) is 17.7 Å². The summed E-state index contributed by atoms with van der Waals surface area (Å²) in [6, 6.07) is 0.308. The summed E-state index contributed by atoms with van der Waals surface area (Å²) < 4.78 is 7.16. The minimum Gasteiger partial charge on any atom is -0.444 e. The van der Waals surface area contributed by atoms with Gasteiger partial charge in [0, 0.05) is 19.6 Å². The first-order valence-electron chi connectivity index (χ1n) is 7.63. The zero-order valence-corrected chi connectivity index (χ0v) is 14.5. The molecule has 0 aromatic carbocycles. The third-order valence-electron chi connectivity index (χ3n) is 3.75. The fraction of sp³-hybridized carbons (Fsp3) is 0.733. The highest BCUT2D eigenvalue weighted by Gasteiger charge is 2.27. The summed E-state index contributed by atoms with van der Waals surface area (Å²) in [5, 5.41) is 3.50. The molecule has 1 amide bonds. The average Bonchev–Trinajstić information content (AvgIpc) is 2.96. The van der Waals surface area contributed by atoms with Crippen molar-refractivity contribution in [2.75, 3.05) is 13.1 Å². The maximum atomic E-state index is 11.8. The van der Waals surface area contributed by atoms with Crippen molar-refractivity contribution in [3.63, 3.8) is 0 Å². The lowest BCUT2D eigenvalue weighted by atomic mass is 10.2. The first-order valence-corrected chi connectivity index (χ1v) is 8.01. The molecule has 1 aromatic rings. The van der Waals surface area contributed by atoms with Crippen LogP contribution < -0.4 is 5.32 Å². The van der Waals surface area contributed by atoms with Crippen molar-refractivity contribution in [2.45, 2.75) is 51.8 Å². The maximum absolute atomic E-state index is 11.8.